The maximum absolute atomic E-state index is 13.0. The third-order valence-corrected chi connectivity index (χ3v) is 7.03. The molecule has 0 bridgehead atoms. The van der Waals surface area contributed by atoms with Crippen molar-refractivity contribution in [2.75, 3.05) is 0 Å². The number of nitrogens with zero attached hydrogens (tertiary/aromatic N) is 2. The Morgan fingerprint density at radius 1 is 1.00 bits per heavy atom. The summed E-state index contributed by atoms with van der Waals surface area (Å²) in [5.41, 5.74) is 5.09. The number of halogens is 2. The molecule has 0 spiro atoms. The fraction of sp³-hybridized carbons (Fsp3) is 0.217. The van der Waals surface area contributed by atoms with Crippen LogP contribution in [0.15, 0.2) is 56.4 Å². The van der Waals surface area contributed by atoms with Crippen molar-refractivity contribution in [3.8, 4) is 17.1 Å². The highest BCUT2D eigenvalue weighted by Gasteiger charge is 2.36. The standard InChI is InChI=1S/C23H20Br2N2O2/c1-3-4-11-27-21(14-7-5-13(2)6-8-14)19-18(23(27)29)20(26-22(19)28)15-9-10-16(24)17(25)12-15/h5-10,12,29H,3-4,11H2,1-2H3. The first-order valence-electron chi connectivity index (χ1n) is 9.53. The normalized spacial score (nSPS) is 13.0. The predicted octanol–water partition coefficient (Wildman–Crippen LogP) is 6.49. The van der Waals surface area contributed by atoms with Crippen molar-refractivity contribution >= 4 is 43.5 Å². The Morgan fingerprint density at radius 3 is 2.34 bits per heavy atom. The molecule has 4 rings (SSSR count). The highest BCUT2D eigenvalue weighted by atomic mass is 79.9. The first kappa shape index (κ1) is 20.1. The molecule has 0 saturated carbocycles. The van der Waals surface area contributed by atoms with Gasteiger partial charge in [-0.05, 0) is 62.9 Å². The average Bonchev–Trinajstić information content (AvgIpc) is 3.19. The third kappa shape index (κ3) is 3.49. The second-order valence-electron chi connectivity index (χ2n) is 7.19. The molecule has 148 valence electrons. The molecule has 1 N–H and O–H groups in total. The van der Waals surface area contributed by atoms with Gasteiger partial charge in [-0.25, -0.2) is 4.99 Å². The van der Waals surface area contributed by atoms with E-state index in [1.54, 1.807) is 0 Å². The summed E-state index contributed by atoms with van der Waals surface area (Å²) in [5, 5.41) is 11.2. The lowest BCUT2D eigenvalue weighted by Gasteiger charge is -2.12. The van der Waals surface area contributed by atoms with Crippen LogP contribution in [0.1, 0.15) is 46.8 Å². The van der Waals surface area contributed by atoms with E-state index in [-0.39, 0.29) is 11.8 Å². The molecular formula is C23H20Br2N2O2. The van der Waals surface area contributed by atoms with E-state index >= 15 is 0 Å². The Labute approximate surface area is 186 Å². The second-order valence-corrected chi connectivity index (χ2v) is 8.90. The summed E-state index contributed by atoms with van der Waals surface area (Å²) in [5.74, 6) is -0.206. The zero-order valence-corrected chi connectivity index (χ0v) is 19.3. The zero-order chi connectivity index (χ0) is 20.7. The molecule has 2 heterocycles. The molecule has 0 fully saturated rings. The largest absolute Gasteiger partial charge is 0.494 e. The number of carbonyl (C=O) groups is 1. The predicted molar refractivity (Wildman–Crippen MR) is 123 cm³/mol. The van der Waals surface area contributed by atoms with Crippen molar-refractivity contribution in [2.45, 2.75) is 33.2 Å². The van der Waals surface area contributed by atoms with Crippen LogP contribution in [0.3, 0.4) is 0 Å². The summed E-state index contributed by atoms with van der Waals surface area (Å²) in [6, 6.07) is 13.7. The number of aromatic hydroxyl groups is 1. The fourth-order valence-corrected chi connectivity index (χ4v) is 4.28. The van der Waals surface area contributed by atoms with Gasteiger partial charge < -0.3 is 9.67 Å². The SMILES string of the molecule is CCCCn1c(O)c2c(c1-c1ccc(C)cc1)C(=O)N=C2c1ccc(Br)c(Br)c1. The fourth-order valence-electron chi connectivity index (χ4n) is 3.65. The lowest BCUT2D eigenvalue weighted by atomic mass is 10.00. The van der Waals surface area contributed by atoms with Gasteiger partial charge in [0, 0.05) is 21.1 Å². The molecule has 6 heteroatoms. The molecule has 0 unspecified atom stereocenters. The van der Waals surface area contributed by atoms with Gasteiger partial charge in [-0.1, -0.05) is 49.2 Å². The topological polar surface area (TPSA) is 54.6 Å². The van der Waals surface area contributed by atoms with Gasteiger partial charge in [0.25, 0.3) is 5.91 Å². The van der Waals surface area contributed by atoms with Gasteiger partial charge in [0.1, 0.15) is 0 Å². The molecule has 3 aromatic rings. The number of aryl methyl sites for hydroxylation is 1. The number of fused-ring (bicyclic) bond motifs is 1. The molecular weight excluding hydrogens is 496 g/mol. The van der Waals surface area contributed by atoms with Gasteiger partial charge in [0.2, 0.25) is 5.88 Å². The van der Waals surface area contributed by atoms with Crippen LogP contribution in [0, 0.1) is 6.92 Å². The first-order chi connectivity index (χ1) is 13.9. The number of aromatic nitrogens is 1. The van der Waals surface area contributed by atoms with Gasteiger partial charge in [-0.15, -0.1) is 0 Å². The summed E-state index contributed by atoms with van der Waals surface area (Å²) in [7, 11) is 0. The summed E-state index contributed by atoms with van der Waals surface area (Å²) < 4.78 is 3.64. The third-order valence-electron chi connectivity index (χ3n) is 5.15. The maximum Gasteiger partial charge on any atom is 0.280 e. The molecule has 29 heavy (non-hydrogen) atoms. The van der Waals surface area contributed by atoms with Crippen LogP contribution in [0.5, 0.6) is 5.88 Å². The molecule has 4 nitrogen and oxygen atoms in total. The van der Waals surface area contributed by atoms with E-state index in [4.69, 9.17) is 0 Å². The van der Waals surface area contributed by atoms with E-state index in [0.717, 1.165) is 44.2 Å². The van der Waals surface area contributed by atoms with Crippen molar-refractivity contribution < 1.29 is 9.90 Å². The molecule has 1 aliphatic heterocycles. The summed E-state index contributed by atoms with van der Waals surface area (Å²) in [6.45, 7) is 4.78. The first-order valence-corrected chi connectivity index (χ1v) is 11.1. The minimum atomic E-state index is -0.310. The van der Waals surface area contributed by atoms with E-state index in [1.165, 1.54) is 0 Å². The van der Waals surface area contributed by atoms with Crippen LogP contribution in [0.25, 0.3) is 11.3 Å². The number of hydrogen-bond donors (Lipinski definition) is 1. The van der Waals surface area contributed by atoms with Crippen LogP contribution in [0.2, 0.25) is 0 Å². The number of benzene rings is 2. The second kappa shape index (κ2) is 7.92. The highest BCUT2D eigenvalue weighted by Crippen LogP contribution is 2.41. The maximum atomic E-state index is 13.0. The van der Waals surface area contributed by atoms with Crippen molar-refractivity contribution in [1.29, 1.82) is 0 Å². The number of carbonyl (C=O) groups excluding carboxylic acids is 1. The van der Waals surface area contributed by atoms with E-state index < -0.39 is 0 Å². The molecule has 1 aromatic heterocycles. The number of amides is 1. The summed E-state index contributed by atoms with van der Waals surface area (Å²) in [4.78, 5) is 17.3. The Balaban J connectivity index is 1.94. The van der Waals surface area contributed by atoms with Crippen LogP contribution >= 0.6 is 31.9 Å². The molecule has 0 atom stereocenters. The number of aliphatic imine (C=N–C) groups is 1. The summed E-state index contributed by atoms with van der Waals surface area (Å²) in [6.07, 6.45) is 1.90. The van der Waals surface area contributed by atoms with Crippen LogP contribution < -0.4 is 0 Å². The molecule has 0 radical (unpaired) electrons. The average molecular weight is 516 g/mol. The van der Waals surface area contributed by atoms with Gasteiger partial charge in [0.15, 0.2) is 0 Å². The lowest BCUT2D eigenvalue weighted by molar-refractivity contribution is 0.101. The van der Waals surface area contributed by atoms with E-state index in [0.29, 0.717) is 23.4 Å². The van der Waals surface area contributed by atoms with Gasteiger partial charge >= 0.3 is 0 Å². The Morgan fingerprint density at radius 2 is 1.69 bits per heavy atom. The van der Waals surface area contributed by atoms with Crippen molar-refractivity contribution in [3.63, 3.8) is 0 Å². The molecule has 0 saturated heterocycles. The summed E-state index contributed by atoms with van der Waals surface area (Å²) >= 11 is 6.98. The van der Waals surface area contributed by atoms with Gasteiger partial charge in [0.05, 0.1) is 22.5 Å². The number of hydrogen-bond acceptors (Lipinski definition) is 2. The van der Waals surface area contributed by atoms with E-state index in [9.17, 15) is 9.90 Å². The zero-order valence-electron chi connectivity index (χ0n) is 16.2. The van der Waals surface area contributed by atoms with Crippen molar-refractivity contribution in [1.82, 2.24) is 4.57 Å². The van der Waals surface area contributed by atoms with E-state index in [1.807, 2.05) is 54.0 Å². The van der Waals surface area contributed by atoms with Crippen molar-refractivity contribution in [2.24, 2.45) is 4.99 Å². The van der Waals surface area contributed by atoms with Crippen LogP contribution in [-0.4, -0.2) is 21.3 Å². The Kier molecular flexibility index (Phi) is 5.49. The number of rotatable bonds is 5. The minimum absolute atomic E-state index is 0.104. The monoisotopic (exact) mass is 514 g/mol. The van der Waals surface area contributed by atoms with E-state index in [2.05, 4.69) is 43.8 Å². The van der Waals surface area contributed by atoms with Gasteiger partial charge in [-0.2, -0.15) is 0 Å². The lowest BCUT2D eigenvalue weighted by Crippen LogP contribution is -2.04. The smallest absolute Gasteiger partial charge is 0.280 e. The van der Waals surface area contributed by atoms with Crippen LogP contribution in [-0.2, 0) is 6.54 Å². The van der Waals surface area contributed by atoms with Crippen LogP contribution in [0.4, 0.5) is 0 Å². The number of unbranched alkanes of at least 4 members (excludes halogenated alkanes) is 1. The highest BCUT2D eigenvalue weighted by molar-refractivity contribution is 9.13. The Hall–Kier alpha value is -2.18. The molecule has 1 aliphatic rings. The van der Waals surface area contributed by atoms with Gasteiger partial charge in [-0.3, -0.25) is 4.79 Å². The van der Waals surface area contributed by atoms with Crippen molar-refractivity contribution in [3.05, 3.63) is 73.7 Å². The quantitative estimate of drug-likeness (QED) is 0.422. The Bertz CT molecular complexity index is 1140. The molecule has 0 aliphatic carbocycles. The minimum Gasteiger partial charge on any atom is -0.494 e. The molecule has 1 amide bonds. The molecule has 2 aromatic carbocycles.